The van der Waals surface area contributed by atoms with Crippen molar-refractivity contribution in [2.75, 3.05) is 18.0 Å². The number of amides is 2. The summed E-state index contributed by atoms with van der Waals surface area (Å²) >= 11 is 6.30. The van der Waals surface area contributed by atoms with Gasteiger partial charge in [-0.2, -0.15) is 5.26 Å². The van der Waals surface area contributed by atoms with E-state index in [9.17, 15) is 23.6 Å². The monoisotopic (exact) mass is 555 g/mol. The molecule has 0 unspecified atom stereocenters. The molecule has 1 saturated carbocycles. The van der Waals surface area contributed by atoms with Crippen LogP contribution >= 0.6 is 11.6 Å². The Balaban J connectivity index is 1.49. The first-order valence-corrected chi connectivity index (χ1v) is 13.8. The molecule has 0 atom stereocenters. The average molecular weight is 556 g/mol. The molecular weight excluding hydrogens is 524 g/mol. The number of likely N-dealkylation sites (tertiary alicyclic amines) is 1. The first kappa shape index (κ1) is 27.4. The van der Waals surface area contributed by atoms with Crippen molar-refractivity contribution in [3.8, 4) is 6.07 Å². The molecule has 1 saturated heterocycles. The zero-order valence-electron chi connectivity index (χ0n) is 22.4. The Morgan fingerprint density at radius 1 is 1.08 bits per heavy atom. The number of nitrogens with zero attached hydrogens (tertiary/aromatic N) is 3. The number of carbonyl (C=O) groups is 2. The van der Waals surface area contributed by atoms with Crippen LogP contribution < -0.4 is 4.90 Å². The van der Waals surface area contributed by atoms with Gasteiger partial charge in [-0.3, -0.25) is 9.69 Å². The summed E-state index contributed by atoms with van der Waals surface area (Å²) in [6.45, 7) is 6.62. The molecule has 1 aliphatic carbocycles. The van der Waals surface area contributed by atoms with E-state index in [0.29, 0.717) is 24.5 Å². The highest BCUT2D eigenvalue weighted by Crippen LogP contribution is 2.56. The number of carbonyl (C=O) groups excluding carboxylic acids is 2. The third-order valence-electron chi connectivity index (χ3n) is 8.19. The number of ether oxygens (including phenoxy) is 1. The molecule has 3 aliphatic rings. The minimum atomic E-state index is -2.81. The first-order valence-electron chi connectivity index (χ1n) is 13.4. The maximum absolute atomic E-state index is 14.3. The Kier molecular flexibility index (Phi) is 6.87. The van der Waals surface area contributed by atoms with Crippen molar-refractivity contribution in [2.45, 2.75) is 82.2 Å². The minimum absolute atomic E-state index is 0.0331. The summed E-state index contributed by atoms with van der Waals surface area (Å²) < 4.78 is 34.1. The highest BCUT2D eigenvalue weighted by molar-refractivity contribution is 6.32. The van der Waals surface area contributed by atoms with Gasteiger partial charge in [-0.15, -0.1) is 0 Å². The van der Waals surface area contributed by atoms with Gasteiger partial charge in [0.2, 0.25) is 11.8 Å². The molecule has 1 spiro atoms. The van der Waals surface area contributed by atoms with Crippen molar-refractivity contribution in [3.05, 3.63) is 58.1 Å². The van der Waals surface area contributed by atoms with E-state index in [1.165, 1.54) is 4.90 Å². The van der Waals surface area contributed by atoms with Crippen LogP contribution in [-0.4, -0.2) is 41.5 Å². The van der Waals surface area contributed by atoms with E-state index in [0.717, 1.165) is 24.0 Å². The van der Waals surface area contributed by atoms with Crippen molar-refractivity contribution in [2.24, 2.45) is 0 Å². The number of rotatable bonds is 2. The standard InChI is InChI=1S/C30H32ClF2N3O3/c1-28(2,3)39-27(38)35-15-9-19(10-16-35)20-7-8-25-22(17-20)29(11-13-30(32,33)14-12-29)26(37)36(25)24-6-4-5-23(31)21(24)18-34/h4-8,17,19H,9-16H2,1-3H3. The lowest BCUT2D eigenvalue weighted by molar-refractivity contribution is -0.127. The molecule has 2 aromatic rings. The number of anilines is 2. The Bertz CT molecular complexity index is 1350. The van der Waals surface area contributed by atoms with Gasteiger partial charge < -0.3 is 9.64 Å². The van der Waals surface area contributed by atoms with E-state index >= 15 is 0 Å². The van der Waals surface area contributed by atoms with Gasteiger partial charge in [0.15, 0.2) is 0 Å². The highest BCUT2D eigenvalue weighted by atomic mass is 35.5. The smallest absolute Gasteiger partial charge is 0.410 e. The fourth-order valence-electron chi connectivity index (χ4n) is 6.12. The van der Waals surface area contributed by atoms with Crippen LogP contribution in [0.15, 0.2) is 36.4 Å². The van der Waals surface area contributed by atoms with Gasteiger partial charge in [0.25, 0.3) is 0 Å². The van der Waals surface area contributed by atoms with E-state index in [2.05, 4.69) is 6.07 Å². The minimum Gasteiger partial charge on any atom is -0.444 e. The maximum atomic E-state index is 14.3. The molecule has 0 N–H and O–H groups in total. The van der Waals surface area contributed by atoms with E-state index in [1.807, 2.05) is 39.0 Å². The summed E-state index contributed by atoms with van der Waals surface area (Å²) in [5.74, 6) is -2.94. The second-order valence-electron chi connectivity index (χ2n) is 11.8. The number of hydrogen-bond donors (Lipinski definition) is 0. The Hall–Kier alpha value is -3.18. The molecular formula is C30H32ClF2N3O3. The van der Waals surface area contributed by atoms with Crippen molar-refractivity contribution in [1.29, 1.82) is 5.26 Å². The van der Waals surface area contributed by atoms with Crippen LogP contribution in [0.25, 0.3) is 0 Å². The maximum Gasteiger partial charge on any atom is 0.410 e. The molecule has 2 amide bonds. The number of nitriles is 1. The molecule has 206 valence electrons. The van der Waals surface area contributed by atoms with E-state index in [4.69, 9.17) is 16.3 Å². The van der Waals surface area contributed by atoms with Crippen LogP contribution in [0.2, 0.25) is 5.02 Å². The fourth-order valence-corrected chi connectivity index (χ4v) is 6.33. The summed E-state index contributed by atoms with van der Waals surface area (Å²) in [6.07, 6.45) is 0.460. The molecule has 2 fully saturated rings. The lowest BCUT2D eigenvalue weighted by Crippen LogP contribution is -2.44. The number of piperidine rings is 1. The Morgan fingerprint density at radius 3 is 2.36 bits per heavy atom. The van der Waals surface area contributed by atoms with Gasteiger partial charge in [0, 0.05) is 25.9 Å². The van der Waals surface area contributed by atoms with Gasteiger partial charge in [-0.1, -0.05) is 29.8 Å². The SMILES string of the molecule is CC(C)(C)OC(=O)N1CCC(c2ccc3c(c2)C2(CCC(F)(F)CC2)C(=O)N3c2cccc(Cl)c2C#N)CC1. The van der Waals surface area contributed by atoms with Crippen LogP contribution in [0.5, 0.6) is 0 Å². The first-order chi connectivity index (χ1) is 18.3. The van der Waals surface area contributed by atoms with Gasteiger partial charge in [0.1, 0.15) is 11.7 Å². The lowest BCUT2D eigenvalue weighted by atomic mass is 9.68. The third-order valence-corrected chi connectivity index (χ3v) is 8.50. The molecule has 0 bridgehead atoms. The van der Waals surface area contributed by atoms with Crippen LogP contribution in [-0.2, 0) is 14.9 Å². The molecule has 0 radical (unpaired) electrons. The average Bonchev–Trinajstić information content (AvgIpc) is 3.11. The zero-order chi connectivity index (χ0) is 28.2. The second kappa shape index (κ2) is 9.78. The predicted molar refractivity (Wildman–Crippen MR) is 145 cm³/mol. The van der Waals surface area contributed by atoms with Crippen molar-refractivity contribution >= 4 is 35.0 Å². The normalized spacial score (nSPS) is 20.6. The van der Waals surface area contributed by atoms with Crippen molar-refractivity contribution in [1.82, 2.24) is 4.90 Å². The zero-order valence-corrected chi connectivity index (χ0v) is 23.2. The Labute approximate surface area is 232 Å². The van der Waals surface area contributed by atoms with Crippen LogP contribution in [0.1, 0.15) is 81.9 Å². The van der Waals surface area contributed by atoms with Crippen molar-refractivity contribution in [3.63, 3.8) is 0 Å². The van der Waals surface area contributed by atoms with Gasteiger partial charge in [0.05, 0.1) is 27.4 Å². The lowest BCUT2D eigenvalue weighted by Gasteiger charge is -2.37. The second-order valence-corrected chi connectivity index (χ2v) is 12.2. The summed E-state index contributed by atoms with van der Waals surface area (Å²) in [7, 11) is 0. The topological polar surface area (TPSA) is 73.6 Å². The summed E-state index contributed by atoms with van der Waals surface area (Å²) in [6, 6.07) is 12.9. The van der Waals surface area contributed by atoms with Gasteiger partial charge in [-0.25, -0.2) is 13.6 Å². The Morgan fingerprint density at radius 2 is 1.74 bits per heavy atom. The molecule has 2 aliphatic heterocycles. The van der Waals surface area contributed by atoms with E-state index in [-0.39, 0.29) is 54.2 Å². The molecule has 9 heteroatoms. The molecule has 6 nitrogen and oxygen atoms in total. The largest absolute Gasteiger partial charge is 0.444 e. The molecule has 2 aromatic carbocycles. The van der Waals surface area contributed by atoms with Crippen LogP contribution in [0, 0.1) is 11.3 Å². The predicted octanol–water partition coefficient (Wildman–Crippen LogP) is 7.45. The quantitative estimate of drug-likeness (QED) is 0.386. The summed E-state index contributed by atoms with van der Waals surface area (Å²) in [5, 5.41) is 10.0. The summed E-state index contributed by atoms with van der Waals surface area (Å²) in [4.78, 5) is 29.8. The number of alkyl halides is 2. The number of benzene rings is 2. The van der Waals surface area contributed by atoms with Crippen LogP contribution in [0.3, 0.4) is 0 Å². The van der Waals surface area contributed by atoms with Gasteiger partial charge >= 0.3 is 6.09 Å². The fraction of sp³-hybridized carbons (Fsp3) is 0.500. The summed E-state index contributed by atoms with van der Waals surface area (Å²) in [5.41, 5.74) is 1.26. The van der Waals surface area contributed by atoms with Crippen LogP contribution in [0.4, 0.5) is 25.0 Å². The van der Waals surface area contributed by atoms with E-state index in [1.54, 1.807) is 23.1 Å². The number of fused-ring (bicyclic) bond motifs is 2. The van der Waals surface area contributed by atoms with Crippen molar-refractivity contribution < 1.29 is 23.1 Å². The highest BCUT2D eigenvalue weighted by Gasteiger charge is 2.56. The third kappa shape index (κ3) is 4.98. The van der Waals surface area contributed by atoms with Gasteiger partial charge in [-0.05, 0) is 81.7 Å². The molecule has 5 rings (SSSR count). The number of hydrogen-bond acceptors (Lipinski definition) is 4. The molecule has 0 aromatic heterocycles. The number of halogens is 3. The molecule has 2 heterocycles. The van der Waals surface area contributed by atoms with E-state index < -0.39 is 16.9 Å². The molecule has 39 heavy (non-hydrogen) atoms.